The van der Waals surface area contributed by atoms with Crippen LogP contribution in [0.2, 0.25) is 0 Å². The highest BCUT2D eigenvalue weighted by molar-refractivity contribution is 7.91. The molecule has 0 bridgehead atoms. The van der Waals surface area contributed by atoms with E-state index in [2.05, 4.69) is 10.2 Å². The van der Waals surface area contributed by atoms with Crippen molar-refractivity contribution in [3.63, 3.8) is 0 Å². The maximum atomic E-state index is 12.7. The van der Waals surface area contributed by atoms with E-state index >= 15 is 0 Å². The van der Waals surface area contributed by atoms with Crippen molar-refractivity contribution in [2.75, 3.05) is 58.4 Å². The Morgan fingerprint density at radius 3 is 2.71 bits per heavy atom. The number of nitrogens with one attached hydrogen (secondary N) is 1. The number of ether oxygens (including phenoxy) is 1. The molecule has 1 amide bonds. The van der Waals surface area contributed by atoms with Gasteiger partial charge in [-0.15, -0.1) is 12.4 Å². The van der Waals surface area contributed by atoms with Crippen molar-refractivity contribution in [2.24, 2.45) is 0 Å². The molecule has 9 heteroatoms. The first-order valence-electron chi connectivity index (χ1n) is 8.33. The van der Waals surface area contributed by atoms with Gasteiger partial charge >= 0.3 is 0 Å². The van der Waals surface area contributed by atoms with Gasteiger partial charge < -0.3 is 15.0 Å². The van der Waals surface area contributed by atoms with Crippen LogP contribution >= 0.6 is 12.4 Å². The summed E-state index contributed by atoms with van der Waals surface area (Å²) in [5, 5.41) is 3.27. The molecular formula is C15H30ClN3O4S. The van der Waals surface area contributed by atoms with E-state index in [0.29, 0.717) is 32.2 Å². The van der Waals surface area contributed by atoms with Crippen LogP contribution in [0.15, 0.2) is 0 Å². The van der Waals surface area contributed by atoms with Crippen molar-refractivity contribution in [3.05, 3.63) is 0 Å². The summed E-state index contributed by atoms with van der Waals surface area (Å²) >= 11 is 0. The SMILES string of the molecule is CNC1CCCN(CC(=O)N(CCOC)C2CCS(=O)(=O)C2)C1.Cl. The summed E-state index contributed by atoms with van der Waals surface area (Å²) in [6.45, 7) is 3.03. The lowest BCUT2D eigenvalue weighted by Crippen LogP contribution is -2.51. The molecular weight excluding hydrogens is 354 g/mol. The van der Waals surface area contributed by atoms with Gasteiger partial charge in [-0.25, -0.2) is 8.42 Å². The number of carbonyl (C=O) groups is 1. The molecule has 2 aliphatic rings. The molecule has 0 saturated carbocycles. The van der Waals surface area contributed by atoms with Gasteiger partial charge in [0.1, 0.15) is 0 Å². The molecule has 142 valence electrons. The maximum Gasteiger partial charge on any atom is 0.237 e. The minimum Gasteiger partial charge on any atom is -0.383 e. The van der Waals surface area contributed by atoms with Gasteiger partial charge in [0, 0.05) is 32.3 Å². The summed E-state index contributed by atoms with van der Waals surface area (Å²) in [4.78, 5) is 16.6. The molecule has 2 heterocycles. The normalized spacial score (nSPS) is 26.8. The number of hydrogen-bond donors (Lipinski definition) is 1. The van der Waals surface area contributed by atoms with E-state index in [1.807, 2.05) is 7.05 Å². The predicted molar refractivity (Wildman–Crippen MR) is 96.4 cm³/mol. The van der Waals surface area contributed by atoms with E-state index in [1.165, 1.54) is 0 Å². The van der Waals surface area contributed by atoms with Gasteiger partial charge in [0.05, 0.1) is 24.7 Å². The van der Waals surface area contributed by atoms with Crippen molar-refractivity contribution in [1.29, 1.82) is 0 Å². The second-order valence-electron chi connectivity index (χ2n) is 6.50. The van der Waals surface area contributed by atoms with Crippen molar-refractivity contribution in [3.8, 4) is 0 Å². The second kappa shape index (κ2) is 9.91. The predicted octanol–water partition coefficient (Wildman–Crippen LogP) is -0.246. The summed E-state index contributed by atoms with van der Waals surface area (Å²) in [7, 11) is 0.539. The molecule has 2 atom stereocenters. The fourth-order valence-electron chi connectivity index (χ4n) is 3.44. The summed E-state index contributed by atoms with van der Waals surface area (Å²) in [5.41, 5.74) is 0. The smallest absolute Gasteiger partial charge is 0.237 e. The fourth-order valence-corrected chi connectivity index (χ4v) is 5.17. The first-order valence-corrected chi connectivity index (χ1v) is 10.2. The van der Waals surface area contributed by atoms with Gasteiger partial charge in [-0.1, -0.05) is 0 Å². The number of nitrogens with zero attached hydrogens (tertiary/aromatic N) is 2. The van der Waals surface area contributed by atoms with Crippen molar-refractivity contribution < 1.29 is 17.9 Å². The lowest BCUT2D eigenvalue weighted by Gasteiger charge is -2.35. The number of likely N-dealkylation sites (tertiary alicyclic amines) is 1. The number of piperidine rings is 1. The van der Waals surface area contributed by atoms with Gasteiger partial charge in [0.15, 0.2) is 9.84 Å². The van der Waals surface area contributed by atoms with Crippen LogP contribution in [0, 0.1) is 0 Å². The topological polar surface area (TPSA) is 79.0 Å². The zero-order valence-electron chi connectivity index (χ0n) is 14.6. The Labute approximate surface area is 151 Å². The van der Waals surface area contributed by atoms with Crippen molar-refractivity contribution >= 4 is 28.2 Å². The van der Waals surface area contributed by atoms with Crippen LogP contribution in [-0.4, -0.2) is 94.7 Å². The van der Waals surface area contributed by atoms with E-state index < -0.39 is 9.84 Å². The molecule has 2 rings (SSSR count). The molecule has 0 aromatic carbocycles. The van der Waals surface area contributed by atoms with E-state index in [0.717, 1.165) is 25.9 Å². The van der Waals surface area contributed by atoms with Gasteiger partial charge in [-0.05, 0) is 32.9 Å². The number of halogens is 1. The Balaban J connectivity index is 0.00000288. The molecule has 2 fully saturated rings. The quantitative estimate of drug-likeness (QED) is 0.653. The lowest BCUT2D eigenvalue weighted by molar-refractivity contribution is -0.135. The second-order valence-corrected chi connectivity index (χ2v) is 8.73. The Bertz CT molecular complexity index is 503. The number of methoxy groups -OCH3 is 1. The highest BCUT2D eigenvalue weighted by Gasteiger charge is 2.35. The minimum atomic E-state index is -3.00. The number of sulfone groups is 1. The van der Waals surface area contributed by atoms with Crippen LogP contribution in [0.3, 0.4) is 0 Å². The van der Waals surface area contributed by atoms with E-state index in [-0.39, 0.29) is 35.9 Å². The molecule has 0 aliphatic carbocycles. The van der Waals surface area contributed by atoms with Crippen molar-refractivity contribution in [1.82, 2.24) is 15.1 Å². The zero-order valence-corrected chi connectivity index (χ0v) is 16.2. The Kier molecular flexibility index (Phi) is 8.94. The Morgan fingerprint density at radius 2 is 2.12 bits per heavy atom. The highest BCUT2D eigenvalue weighted by Crippen LogP contribution is 2.19. The van der Waals surface area contributed by atoms with E-state index in [9.17, 15) is 13.2 Å². The van der Waals surface area contributed by atoms with Crippen LogP contribution in [0.5, 0.6) is 0 Å². The molecule has 24 heavy (non-hydrogen) atoms. The standard InChI is InChI=1S/C15H29N3O4S.ClH/c1-16-13-4-3-6-17(10-13)11-15(19)18(7-8-22-2)14-5-9-23(20,21)12-14;/h13-14,16H,3-12H2,1-2H3;1H. The molecule has 2 unspecified atom stereocenters. The van der Waals surface area contributed by atoms with Gasteiger partial charge in [-0.3, -0.25) is 9.69 Å². The van der Waals surface area contributed by atoms with Crippen LogP contribution in [0.25, 0.3) is 0 Å². The number of rotatable bonds is 7. The lowest BCUT2D eigenvalue weighted by atomic mass is 10.1. The molecule has 0 aromatic heterocycles. The van der Waals surface area contributed by atoms with Gasteiger partial charge in [0.2, 0.25) is 5.91 Å². The molecule has 2 aliphatic heterocycles. The summed E-state index contributed by atoms with van der Waals surface area (Å²) in [6.07, 6.45) is 2.75. The first-order chi connectivity index (χ1) is 10.9. The summed E-state index contributed by atoms with van der Waals surface area (Å²) < 4.78 is 28.5. The van der Waals surface area contributed by atoms with Crippen LogP contribution < -0.4 is 5.32 Å². The van der Waals surface area contributed by atoms with Crippen LogP contribution in [-0.2, 0) is 19.4 Å². The molecule has 0 radical (unpaired) electrons. The van der Waals surface area contributed by atoms with Gasteiger partial charge in [-0.2, -0.15) is 0 Å². The largest absolute Gasteiger partial charge is 0.383 e. The average Bonchev–Trinajstić information content (AvgIpc) is 2.87. The Hall–Kier alpha value is -0.410. The molecule has 0 spiro atoms. The number of carbonyl (C=O) groups excluding carboxylic acids is 1. The highest BCUT2D eigenvalue weighted by atomic mass is 35.5. The van der Waals surface area contributed by atoms with E-state index in [1.54, 1.807) is 12.0 Å². The molecule has 0 aromatic rings. The third-order valence-electron chi connectivity index (χ3n) is 4.78. The first kappa shape index (κ1) is 21.6. The van der Waals surface area contributed by atoms with Crippen LogP contribution in [0.4, 0.5) is 0 Å². The zero-order chi connectivity index (χ0) is 16.9. The third kappa shape index (κ3) is 6.15. The third-order valence-corrected chi connectivity index (χ3v) is 6.53. The maximum absolute atomic E-state index is 12.7. The molecule has 2 saturated heterocycles. The van der Waals surface area contributed by atoms with Gasteiger partial charge in [0.25, 0.3) is 0 Å². The number of likely N-dealkylation sites (N-methyl/N-ethyl adjacent to an activating group) is 1. The monoisotopic (exact) mass is 383 g/mol. The Morgan fingerprint density at radius 1 is 1.38 bits per heavy atom. The molecule has 7 nitrogen and oxygen atoms in total. The van der Waals surface area contributed by atoms with Crippen LogP contribution in [0.1, 0.15) is 19.3 Å². The summed E-state index contributed by atoms with van der Waals surface area (Å²) in [6, 6.07) is 0.225. The molecule has 1 N–H and O–H groups in total. The summed E-state index contributed by atoms with van der Waals surface area (Å²) in [5.74, 6) is 0.280. The number of amides is 1. The van der Waals surface area contributed by atoms with E-state index in [4.69, 9.17) is 4.74 Å². The fraction of sp³-hybridized carbons (Fsp3) is 0.933. The minimum absolute atomic E-state index is 0. The van der Waals surface area contributed by atoms with Crippen molar-refractivity contribution in [2.45, 2.75) is 31.3 Å². The number of hydrogen-bond acceptors (Lipinski definition) is 6. The average molecular weight is 384 g/mol.